The smallest absolute Gasteiger partial charge is 0.257 e. The van der Waals surface area contributed by atoms with E-state index in [2.05, 4.69) is 17.1 Å². The number of amides is 1. The zero-order valence-electron chi connectivity index (χ0n) is 22.6. The average Bonchev–Trinajstić information content (AvgIpc) is 2.88. The summed E-state index contributed by atoms with van der Waals surface area (Å²) in [5, 5.41) is 2.83. The molecular weight excluding hydrogens is 522 g/mol. The van der Waals surface area contributed by atoms with Crippen LogP contribution in [0.15, 0.2) is 47.4 Å². The van der Waals surface area contributed by atoms with Crippen molar-refractivity contribution in [3.8, 4) is 0 Å². The molecular formula is C27H41N5O4S2. The van der Waals surface area contributed by atoms with Gasteiger partial charge in [-0.2, -0.15) is 0 Å². The van der Waals surface area contributed by atoms with Crippen LogP contribution in [0.25, 0.3) is 0 Å². The number of carbonyl (C=O) groups excluding carboxylic acids is 1. The van der Waals surface area contributed by atoms with Crippen molar-refractivity contribution < 1.29 is 17.4 Å². The summed E-state index contributed by atoms with van der Waals surface area (Å²) in [5.41, 5.74) is 7.84. The molecule has 9 nitrogen and oxygen atoms in total. The number of anilines is 3. The number of carbonyl (C=O) groups is 1. The summed E-state index contributed by atoms with van der Waals surface area (Å²) in [6, 6.07) is 11.9. The molecule has 0 spiro atoms. The standard InChI is InChI=1S/C27H41N5O4S2/c1-4-5-6-7-8-19-38(29,36)24-12-9-22(10-13-24)30-27(33)25-20-23(32-17-15-21(28)16-18-32)11-14-26(25)31(2)37(3,34)35/h9-14,20-21,29H,4-8,15-19,28H2,1-3H3,(H,30,33). The fraction of sp³-hybridized carbons (Fsp3) is 0.519. The SMILES string of the molecule is CCCCCCCS(=N)(=O)c1ccc(NC(=O)c2cc(N3CCC(N)CC3)ccc2N(C)S(C)(=O)=O)cc1. The van der Waals surface area contributed by atoms with Gasteiger partial charge in [-0.3, -0.25) is 9.10 Å². The van der Waals surface area contributed by atoms with Crippen LogP contribution in [0, 0.1) is 4.78 Å². The first-order valence-electron chi connectivity index (χ1n) is 13.2. The number of piperidine rings is 1. The molecule has 0 bridgehead atoms. The predicted octanol–water partition coefficient (Wildman–Crippen LogP) is 4.64. The second kappa shape index (κ2) is 12.9. The van der Waals surface area contributed by atoms with Gasteiger partial charge in [0.05, 0.1) is 27.2 Å². The summed E-state index contributed by atoms with van der Waals surface area (Å²) in [5.74, 6) is -0.140. The predicted molar refractivity (Wildman–Crippen MR) is 156 cm³/mol. The van der Waals surface area contributed by atoms with Crippen LogP contribution in [0.4, 0.5) is 17.1 Å². The van der Waals surface area contributed by atoms with Crippen molar-refractivity contribution in [1.82, 2.24) is 0 Å². The van der Waals surface area contributed by atoms with Crippen molar-refractivity contribution >= 4 is 42.7 Å². The zero-order chi connectivity index (χ0) is 27.9. The maximum absolute atomic E-state index is 13.4. The van der Waals surface area contributed by atoms with E-state index in [4.69, 9.17) is 10.5 Å². The van der Waals surface area contributed by atoms with Crippen molar-refractivity contribution in [3.63, 3.8) is 0 Å². The number of sulfonamides is 1. The summed E-state index contributed by atoms with van der Waals surface area (Å²) in [4.78, 5) is 16.0. The van der Waals surface area contributed by atoms with Gasteiger partial charge in [-0.25, -0.2) is 17.4 Å². The highest BCUT2D eigenvalue weighted by molar-refractivity contribution is 7.92. The third kappa shape index (κ3) is 7.94. The molecule has 1 unspecified atom stereocenters. The molecule has 1 amide bonds. The molecule has 210 valence electrons. The molecule has 2 aromatic carbocycles. The van der Waals surface area contributed by atoms with E-state index in [1.165, 1.54) is 7.05 Å². The molecule has 1 saturated heterocycles. The molecule has 1 atom stereocenters. The van der Waals surface area contributed by atoms with E-state index in [1.54, 1.807) is 36.4 Å². The fourth-order valence-corrected chi connectivity index (χ4v) is 6.44. The fourth-order valence-electron chi connectivity index (χ4n) is 4.50. The molecule has 1 heterocycles. The highest BCUT2D eigenvalue weighted by Crippen LogP contribution is 2.30. The summed E-state index contributed by atoms with van der Waals surface area (Å²) in [7, 11) is -5.08. The van der Waals surface area contributed by atoms with E-state index >= 15 is 0 Å². The number of hydrogen-bond acceptors (Lipinski definition) is 7. The Morgan fingerprint density at radius 1 is 1.05 bits per heavy atom. The maximum Gasteiger partial charge on any atom is 0.257 e. The molecule has 1 aliphatic rings. The van der Waals surface area contributed by atoms with E-state index in [9.17, 15) is 17.4 Å². The molecule has 0 aromatic heterocycles. The van der Waals surface area contributed by atoms with E-state index in [0.717, 1.165) is 74.3 Å². The normalized spacial score (nSPS) is 16.2. The van der Waals surface area contributed by atoms with Crippen LogP contribution in [-0.2, 0) is 19.8 Å². The summed E-state index contributed by atoms with van der Waals surface area (Å²) >= 11 is 0. The number of hydrogen-bond donors (Lipinski definition) is 3. The lowest BCUT2D eigenvalue weighted by atomic mass is 10.0. The Morgan fingerprint density at radius 3 is 2.29 bits per heavy atom. The van der Waals surface area contributed by atoms with E-state index in [0.29, 0.717) is 16.3 Å². The number of nitrogens with two attached hydrogens (primary N) is 1. The molecule has 11 heteroatoms. The average molecular weight is 564 g/mol. The number of unbranched alkanes of at least 4 members (excludes halogenated alkanes) is 4. The Hall–Kier alpha value is -2.63. The molecule has 1 fully saturated rings. The topological polar surface area (TPSA) is 137 Å². The van der Waals surface area contributed by atoms with Crippen LogP contribution >= 0.6 is 0 Å². The molecule has 0 radical (unpaired) electrons. The van der Waals surface area contributed by atoms with Crippen molar-refractivity contribution in [1.29, 1.82) is 4.78 Å². The monoisotopic (exact) mass is 563 g/mol. The Kier molecular flexibility index (Phi) is 10.2. The first-order chi connectivity index (χ1) is 17.9. The van der Waals surface area contributed by atoms with Gasteiger partial charge in [0.25, 0.3) is 5.91 Å². The van der Waals surface area contributed by atoms with Gasteiger partial charge in [0.2, 0.25) is 10.0 Å². The van der Waals surface area contributed by atoms with Gasteiger partial charge in [0, 0.05) is 48.2 Å². The number of rotatable bonds is 12. The number of nitrogens with one attached hydrogen (secondary N) is 2. The van der Waals surface area contributed by atoms with Crippen LogP contribution < -0.4 is 20.3 Å². The van der Waals surface area contributed by atoms with Crippen molar-refractivity contribution in [2.75, 3.05) is 46.7 Å². The number of benzene rings is 2. The Labute approximate surface area is 227 Å². The van der Waals surface area contributed by atoms with Gasteiger partial charge in [-0.05, 0) is 61.7 Å². The van der Waals surface area contributed by atoms with Crippen molar-refractivity contribution in [2.24, 2.45) is 5.73 Å². The van der Waals surface area contributed by atoms with Gasteiger partial charge in [0.1, 0.15) is 0 Å². The third-order valence-corrected chi connectivity index (χ3v) is 10.1. The molecule has 0 aliphatic carbocycles. The second-order valence-corrected chi connectivity index (χ2v) is 14.3. The zero-order valence-corrected chi connectivity index (χ0v) is 24.2. The molecule has 0 saturated carbocycles. The van der Waals surface area contributed by atoms with E-state index in [-0.39, 0.29) is 17.3 Å². The minimum absolute atomic E-state index is 0.159. The molecule has 1 aliphatic heterocycles. The molecule has 3 rings (SSSR count). The Morgan fingerprint density at radius 2 is 1.68 bits per heavy atom. The lowest BCUT2D eigenvalue weighted by molar-refractivity contribution is 0.102. The number of nitrogens with zero attached hydrogens (tertiary/aromatic N) is 2. The minimum atomic E-state index is -3.59. The lowest BCUT2D eigenvalue weighted by Gasteiger charge is -2.32. The van der Waals surface area contributed by atoms with Crippen LogP contribution in [-0.4, -0.2) is 56.7 Å². The van der Waals surface area contributed by atoms with Crippen molar-refractivity contribution in [3.05, 3.63) is 48.0 Å². The van der Waals surface area contributed by atoms with Gasteiger partial charge >= 0.3 is 0 Å². The van der Waals surface area contributed by atoms with E-state index in [1.807, 2.05) is 6.07 Å². The quantitative estimate of drug-likeness (QED) is 0.322. The molecule has 38 heavy (non-hydrogen) atoms. The summed E-state index contributed by atoms with van der Waals surface area (Å²) in [6.07, 6.45) is 7.85. The minimum Gasteiger partial charge on any atom is -0.371 e. The van der Waals surface area contributed by atoms with Gasteiger partial charge in [0.15, 0.2) is 0 Å². The second-order valence-electron chi connectivity index (χ2n) is 10.0. The van der Waals surface area contributed by atoms with Gasteiger partial charge in [-0.15, -0.1) is 0 Å². The Balaban J connectivity index is 1.79. The summed E-state index contributed by atoms with van der Waals surface area (Å²) in [6.45, 7) is 3.66. The first kappa shape index (κ1) is 29.9. The molecule has 4 N–H and O–H groups in total. The largest absolute Gasteiger partial charge is 0.371 e. The van der Waals surface area contributed by atoms with Crippen LogP contribution in [0.2, 0.25) is 0 Å². The summed E-state index contributed by atoms with van der Waals surface area (Å²) < 4.78 is 46.9. The van der Waals surface area contributed by atoms with E-state index < -0.39 is 25.7 Å². The highest BCUT2D eigenvalue weighted by atomic mass is 32.2. The first-order valence-corrected chi connectivity index (χ1v) is 16.8. The van der Waals surface area contributed by atoms with Crippen LogP contribution in [0.1, 0.15) is 62.2 Å². The van der Waals surface area contributed by atoms with Crippen LogP contribution in [0.5, 0.6) is 0 Å². The van der Waals surface area contributed by atoms with Gasteiger partial charge < -0.3 is 16.0 Å². The Bertz CT molecular complexity index is 1300. The third-order valence-electron chi connectivity index (χ3n) is 6.99. The van der Waals surface area contributed by atoms with Gasteiger partial charge in [-0.1, -0.05) is 32.6 Å². The van der Waals surface area contributed by atoms with Crippen LogP contribution in [0.3, 0.4) is 0 Å². The lowest BCUT2D eigenvalue weighted by Crippen LogP contribution is -2.39. The molecule has 2 aromatic rings. The maximum atomic E-state index is 13.4. The van der Waals surface area contributed by atoms with Crippen molar-refractivity contribution in [2.45, 2.75) is 62.8 Å². The highest BCUT2D eigenvalue weighted by Gasteiger charge is 2.23.